The van der Waals surface area contributed by atoms with Crippen LogP contribution in [0.15, 0.2) is 36.4 Å². The van der Waals surface area contributed by atoms with Crippen molar-refractivity contribution in [1.82, 2.24) is 0 Å². The molecule has 0 unspecified atom stereocenters. The van der Waals surface area contributed by atoms with Gasteiger partial charge in [-0.15, -0.1) is 0 Å². The Hall–Kier alpha value is -2.89. The molecular formula is C22H28N2O4. The van der Waals surface area contributed by atoms with Crippen LogP contribution in [0.3, 0.4) is 0 Å². The average molecular weight is 384 g/mol. The second-order valence-electron chi connectivity index (χ2n) is 7.08. The van der Waals surface area contributed by atoms with Gasteiger partial charge in [0, 0.05) is 36.6 Å². The quantitative estimate of drug-likeness (QED) is 0.809. The molecule has 1 saturated heterocycles. The number of carbonyl (C=O) groups excluding carboxylic acids is 1. The molecule has 0 aromatic heterocycles. The van der Waals surface area contributed by atoms with Crippen LogP contribution in [0, 0.1) is 5.92 Å². The van der Waals surface area contributed by atoms with Gasteiger partial charge < -0.3 is 24.4 Å². The van der Waals surface area contributed by atoms with Gasteiger partial charge >= 0.3 is 0 Å². The molecule has 1 aliphatic heterocycles. The Labute approximate surface area is 166 Å². The van der Waals surface area contributed by atoms with Crippen molar-refractivity contribution in [1.29, 1.82) is 0 Å². The first-order valence-electron chi connectivity index (χ1n) is 9.52. The summed E-state index contributed by atoms with van der Waals surface area (Å²) in [4.78, 5) is 15.2. The summed E-state index contributed by atoms with van der Waals surface area (Å²) >= 11 is 0. The van der Waals surface area contributed by atoms with E-state index < -0.39 is 0 Å². The van der Waals surface area contributed by atoms with Gasteiger partial charge in [0.2, 0.25) is 0 Å². The fourth-order valence-electron chi connectivity index (χ4n) is 3.43. The molecule has 0 spiro atoms. The zero-order valence-electron chi connectivity index (χ0n) is 17.0. The zero-order valence-corrected chi connectivity index (χ0v) is 17.0. The zero-order chi connectivity index (χ0) is 20.1. The van der Waals surface area contributed by atoms with Gasteiger partial charge in [-0.1, -0.05) is 6.92 Å². The standard InChI is InChI=1S/C22H28N2O4/c1-15-9-11-24(12-10-15)17-7-5-16(6-8-17)23-22(25)18-13-20(27-3)21(28-4)14-19(18)26-2/h5-8,13-15H,9-12H2,1-4H3,(H,23,25). The van der Waals surface area contributed by atoms with Gasteiger partial charge in [-0.3, -0.25) is 4.79 Å². The largest absolute Gasteiger partial charge is 0.496 e. The number of amides is 1. The van der Waals surface area contributed by atoms with Crippen LogP contribution < -0.4 is 24.4 Å². The van der Waals surface area contributed by atoms with Crippen molar-refractivity contribution in [3.63, 3.8) is 0 Å². The average Bonchev–Trinajstić information content (AvgIpc) is 2.73. The summed E-state index contributed by atoms with van der Waals surface area (Å²) in [5.41, 5.74) is 2.30. The molecule has 1 aliphatic rings. The lowest BCUT2D eigenvalue weighted by atomic mass is 9.99. The highest BCUT2D eigenvalue weighted by molar-refractivity contribution is 6.06. The Kier molecular flexibility index (Phi) is 6.29. The highest BCUT2D eigenvalue weighted by atomic mass is 16.5. The van der Waals surface area contributed by atoms with E-state index >= 15 is 0 Å². The third kappa shape index (κ3) is 4.32. The normalized spacial score (nSPS) is 14.5. The van der Waals surface area contributed by atoms with Crippen LogP contribution in [0.2, 0.25) is 0 Å². The van der Waals surface area contributed by atoms with E-state index in [2.05, 4.69) is 29.3 Å². The smallest absolute Gasteiger partial charge is 0.259 e. The topological polar surface area (TPSA) is 60.0 Å². The Balaban J connectivity index is 1.74. The van der Waals surface area contributed by atoms with E-state index in [-0.39, 0.29) is 5.91 Å². The lowest BCUT2D eigenvalue weighted by molar-refractivity contribution is 0.102. The number of nitrogens with one attached hydrogen (secondary N) is 1. The molecule has 0 bridgehead atoms. The van der Waals surface area contributed by atoms with E-state index in [9.17, 15) is 4.79 Å². The molecule has 1 amide bonds. The molecule has 2 aromatic carbocycles. The molecule has 28 heavy (non-hydrogen) atoms. The molecule has 1 fully saturated rings. The first-order valence-corrected chi connectivity index (χ1v) is 9.52. The molecule has 6 nitrogen and oxygen atoms in total. The third-order valence-electron chi connectivity index (χ3n) is 5.22. The van der Waals surface area contributed by atoms with Gasteiger partial charge in [-0.25, -0.2) is 0 Å². The van der Waals surface area contributed by atoms with Crippen molar-refractivity contribution >= 4 is 17.3 Å². The van der Waals surface area contributed by atoms with Gasteiger partial charge in [-0.05, 0) is 43.0 Å². The molecule has 150 valence electrons. The molecular weight excluding hydrogens is 356 g/mol. The highest BCUT2D eigenvalue weighted by Gasteiger charge is 2.19. The van der Waals surface area contributed by atoms with E-state index in [0.717, 1.165) is 24.7 Å². The Morgan fingerprint density at radius 3 is 2.07 bits per heavy atom. The summed E-state index contributed by atoms with van der Waals surface area (Å²) in [5.74, 6) is 1.94. The first kappa shape index (κ1) is 19.9. The molecule has 1 N–H and O–H groups in total. The fraction of sp³-hybridized carbons (Fsp3) is 0.409. The third-order valence-corrected chi connectivity index (χ3v) is 5.22. The first-order chi connectivity index (χ1) is 13.5. The number of hydrogen-bond donors (Lipinski definition) is 1. The Morgan fingerprint density at radius 1 is 0.929 bits per heavy atom. The van der Waals surface area contributed by atoms with Crippen molar-refractivity contribution < 1.29 is 19.0 Å². The van der Waals surface area contributed by atoms with Crippen LogP contribution >= 0.6 is 0 Å². The van der Waals surface area contributed by atoms with Gasteiger partial charge in [0.05, 0.1) is 26.9 Å². The van der Waals surface area contributed by atoms with Gasteiger partial charge in [0.25, 0.3) is 5.91 Å². The second-order valence-corrected chi connectivity index (χ2v) is 7.08. The summed E-state index contributed by atoms with van der Waals surface area (Å²) in [6.45, 7) is 4.46. The predicted molar refractivity (Wildman–Crippen MR) is 111 cm³/mol. The molecule has 0 aliphatic carbocycles. The molecule has 6 heteroatoms. The molecule has 1 heterocycles. The molecule has 0 atom stereocenters. The van der Waals surface area contributed by atoms with Gasteiger partial charge in [0.15, 0.2) is 11.5 Å². The Morgan fingerprint density at radius 2 is 1.50 bits per heavy atom. The summed E-state index contributed by atoms with van der Waals surface area (Å²) in [6, 6.07) is 11.2. The van der Waals surface area contributed by atoms with Crippen molar-refractivity contribution in [3.8, 4) is 17.2 Å². The van der Waals surface area contributed by atoms with Crippen LogP contribution in [-0.4, -0.2) is 40.3 Å². The maximum Gasteiger partial charge on any atom is 0.259 e. The number of methoxy groups -OCH3 is 3. The predicted octanol–water partition coefficient (Wildman–Crippen LogP) is 4.20. The number of hydrogen-bond acceptors (Lipinski definition) is 5. The number of anilines is 2. The second kappa shape index (κ2) is 8.87. The number of rotatable bonds is 6. The molecule has 3 rings (SSSR count). The van der Waals surface area contributed by atoms with Crippen molar-refractivity contribution in [2.45, 2.75) is 19.8 Å². The van der Waals surface area contributed by atoms with Crippen LogP contribution in [0.1, 0.15) is 30.1 Å². The summed E-state index contributed by atoms with van der Waals surface area (Å²) in [5, 5.41) is 2.93. The summed E-state index contributed by atoms with van der Waals surface area (Å²) < 4.78 is 15.9. The molecule has 0 radical (unpaired) electrons. The summed E-state index contributed by atoms with van der Waals surface area (Å²) in [6.07, 6.45) is 2.44. The number of nitrogens with zero attached hydrogens (tertiary/aromatic N) is 1. The maximum atomic E-state index is 12.8. The lowest BCUT2D eigenvalue weighted by Gasteiger charge is -2.32. The van der Waals surface area contributed by atoms with E-state index in [0.29, 0.717) is 22.8 Å². The van der Waals surface area contributed by atoms with Crippen LogP contribution in [-0.2, 0) is 0 Å². The van der Waals surface area contributed by atoms with Gasteiger partial charge in [-0.2, -0.15) is 0 Å². The van der Waals surface area contributed by atoms with Crippen molar-refractivity contribution in [3.05, 3.63) is 42.0 Å². The number of benzene rings is 2. The summed E-state index contributed by atoms with van der Waals surface area (Å²) in [7, 11) is 4.60. The molecule has 0 saturated carbocycles. The van der Waals surface area contributed by atoms with Gasteiger partial charge in [0.1, 0.15) is 5.75 Å². The van der Waals surface area contributed by atoms with E-state index in [1.165, 1.54) is 32.7 Å². The highest BCUT2D eigenvalue weighted by Crippen LogP contribution is 2.35. The fourth-order valence-corrected chi connectivity index (χ4v) is 3.43. The van der Waals surface area contributed by atoms with E-state index in [4.69, 9.17) is 14.2 Å². The maximum absolute atomic E-state index is 12.8. The number of carbonyl (C=O) groups is 1. The monoisotopic (exact) mass is 384 g/mol. The Bertz CT molecular complexity index is 812. The lowest BCUT2D eigenvalue weighted by Crippen LogP contribution is -2.32. The minimum absolute atomic E-state index is 0.266. The van der Waals surface area contributed by atoms with Crippen molar-refractivity contribution in [2.75, 3.05) is 44.6 Å². The van der Waals surface area contributed by atoms with Crippen molar-refractivity contribution in [2.24, 2.45) is 5.92 Å². The van der Waals surface area contributed by atoms with Crippen LogP contribution in [0.4, 0.5) is 11.4 Å². The minimum Gasteiger partial charge on any atom is -0.496 e. The van der Waals surface area contributed by atoms with E-state index in [1.807, 2.05) is 12.1 Å². The number of ether oxygens (including phenoxy) is 3. The number of piperidine rings is 1. The SMILES string of the molecule is COc1cc(OC)c(C(=O)Nc2ccc(N3CCC(C)CC3)cc2)cc1OC. The minimum atomic E-state index is -0.266. The van der Waals surface area contributed by atoms with Crippen LogP contribution in [0.5, 0.6) is 17.2 Å². The molecule has 2 aromatic rings. The van der Waals surface area contributed by atoms with E-state index in [1.54, 1.807) is 19.2 Å². The van der Waals surface area contributed by atoms with Crippen LogP contribution in [0.25, 0.3) is 0 Å².